The fourth-order valence-electron chi connectivity index (χ4n) is 2.36. The van der Waals surface area contributed by atoms with Gasteiger partial charge in [-0.1, -0.05) is 12.1 Å². The Labute approximate surface area is 118 Å². The molecule has 2 aromatic rings. The molecule has 0 saturated heterocycles. The molecule has 4 heteroatoms. The Morgan fingerprint density at radius 3 is 2.90 bits per heavy atom. The predicted molar refractivity (Wildman–Crippen MR) is 76.1 cm³/mol. The maximum Gasteiger partial charge on any atom is 0.165 e. The zero-order valence-electron chi connectivity index (χ0n) is 11.6. The van der Waals surface area contributed by atoms with Crippen LogP contribution in [0.25, 0.3) is 0 Å². The molecule has 20 heavy (non-hydrogen) atoms. The van der Waals surface area contributed by atoms with E-state index in [4.69, 9.17) is 13.9 Å². The number of furan rings is 1. The quantitative estimate of drug-likeness (QED) is 0.909. The zero-order valence-corrected chi connectivity index (χ0v) is 11.6. The molecule has 0 saturated carbocycles. The molecule has 1 aliphatic heterocycles. The number of rotatable bonds is 5. The van der Waals surface area contributed by atoms with Crippen molar-refractivity contribution in [2.45, 2.75) is 25.9 Å². The lowest BCUT2D eigenvalue weighted by atomic mass is 10.1. The molecule has 2 heterocycles. The number of nitrogens with one attached hydrogen (secondary N) is 1. The van der Waals surface area contributed by atoms with Crippen molar-refractivity contribution < 1.29 is 13.9 Å². The molecule has 1 aromatic heterocycles. The van der Waals surface area contributed by atoms with Gasteiger partial charge < -0.3 is 19.2 Å². The van der Waals surface area contributed by atoms with E-state index in [0.717, 1.165) is 35.8 Å². The number of ether oxygens (including phenoxy) is 2. The summed E-state index contributed by atoms with van der Waals surface area (Å²) in [6, 6.07) is 10.3. The molecule has 0 aliphatic carbocycles. The smallest absolute Gasteiger partial charge is 0.165 e. The highest BCUT2D eigenvalue weighted by atomic mass is 16.6. The molecule has 0 fully saturated rings. The molecule has 0 radical (unpaired) electrons. The van der Waals surface area contributed by atoms with Crippen LogP contribution in [0.5, 0.6) is 11.5 Å². The first-order chi connectivity index (χ1) is 9.83. The molecular formula is C16H19NO3. The van der Waals surface area contributed by atoms with Crippen molar-refractivity contribution in [1.82, 2.24) is 5.32 Å². The van der Waals surface area contributed by atoms with Crippen molar-refractivity contribution in [3.05, 3.63) is 47.9 Å². The van der Waals surface area contributed by atoms with Crippen LogP contribution in [-0.4, -0.2) is 19.3 Å². The third kappa shape index (κ3) is 2.96. The van der Waals surface area contributed by atoms with Crippen LogP contribution >= 0.6 is 0 Å². The Morgan fingerprint density at radius 2 is 2.05 bits per heavy atom. The third-order valence-electron chi connectivity index (χ3n) is 3.38. The fraction of sp³-hybridized carbons (Fsp3) is 0.375. The second kappa shape index (κ2) is 6.01. The molecule has 0 spiro atoms. The molecule has 1 unspecified atom stereocenters. The highest BCUT2D eigenvalue weighted by Gasteiger charge is 2.15. The maximum absolute atomic E-state index is 5.71. The largest absolute Gasteiger partial charge is 0.486 e. The highest BCUT2D eigenvalue weighted by Crippen LogP contribution is 2.33. The summed E-state index contributed by atoms with van der Waals surface area (Å²) in [6.07, 6.45) is 2.58. The van der Waals surface area contributed by atoms with Gasteiger partial charge in [0.1, 0.15) is 19.0 Å². The molecule has 1 atom stereocenters. The van der Waals surface area contributed by atoms with Crippen LogP contribution < -0.4 is 14.8 Å². The normalized spacial score (nSPS) is 15.1. The first-order valence-corrected chi connectivity index (χ1v) is 6.96. The van der Waals surface area contributed by atoms with Crippen molar-refractivity contribution in [3.8, 4) is 11.5 Å². The molecule has 1 aromatic carbocycles. The van der Waals surface area contributed by atoms with Crippen LogP contribution in [0.2, 0.25) is 0 Å². The van der Waals surface area contributed by atoms with Crippen LogP contribution in [0.4, 0.5) is 0 Å². The summed E-state index contributed by atoms with van der Waals surface area (Å²) < 4.78 is 16.7. The molecule has 0 bridgehead atoms. The van der Waals surface area contributed by atoms with Gasteiger partial charge >= 0.3 is 0 Å². The maximum atomic E-state index is 5.71. The lowest BCUT2D eigenvalue weighted by Gasteiger charge is -2.22. The van der Waals surface area contributed by atoms with Gasteiger partial charge in [-0.25, -0.2) is 0 Å². The summed E-state index contributed by atoms with van der Waals surface area (Å²) in [7, 11) is 0. The second-order valence-electron chi connectivity index (χ2n) is 5.01. The van der Waals surface area contributed by atoms with E-state index in [9.17, 15) is 0 Å². The fourth-order valence-corrected chi connectivity index (χ4v) is 2.36. The van der Waals surface area contributed by atoms with Gasteiger partial charge in [-0.15, -0.1) is 0 Å². The average molecular weight is 273 g/mol. The second-order valence-corrected chi connectivity index (χ2v) is 5.01. The van der Waals surface area contributed by atoms with Gasteiger partial charge in [-0.05, 0) is 25.1 Å². The average Bonchev–Trinajstić information content (AvgIpc) is 2.98. The number of benzene rings is 1. The van der Waals surface area contributed by atoms with E-state index in [-0.39, 0.29) is 0 Å². The van der Waals surface area contributed by atoms with Crippen LogP contribution in [0.15, 0.2) is 41.0 Å². The van der Waals surface area contributed by atoms with Gasteiger partial charge in [0.2, 0.25) is 0 Å². The van der Waals surface area contributed by atoms with Gasteiger partial charge in [-0.3, -0.25) is 0 Å². The summed E-state index contributed by atoms with van der Waals surface area (Å²) in [4.78, 5) is 0. The number of fused-ring (bicyclic) bond motifs is 1. The summed E-state index contributed by atoms with van der Waals surface area (Å²) in [5, 5.41) is 3.49. The zero-order chi connectivity index (χ0) is 13.8. The van der Waals surface area contributed by atoms with Crippen molar-refractivity contribution in [2.75, 3.05) is 13.2 Å². The van der Waals surface area contributed by atoms with E-state index < -0.39 is 0 Å². The Balaban J connectivity index is 1.61. The van der Waals surface area contributed by atoms with E-state index >= 15 is 0 Å². The molecule has 1 aliphatic rings. The molecular weight excluding hydrogens is 254 g/mol. The topological polar surface area (TPSA) is 43.6 Å². The highest BCUT2D eigenvalue weighted by molar-refractivity contribution is 5.47. The Kier molecular flexibility index (Phi) is 3.92. The molecule has 106 valence electrons. The van der Waals surface area contributed by atoms with E-state index in [2.05, 4.69) is 18.3 Å². The van der Waals surface area contributed by atoms with Crippen LogP contribution in [0.1, 0.15) is 18.2 Å². The first-order valence-electron chi connectivity index (χ1n) is 6.96. The van der Waals surface area contributed by atoms with E-state index in [1.165, 1.54) is 0 Å². The lowest BCUT2D eigenvalue weighted by Crippen LogP contribution is -2.28. The minimum Gasteiger partial charge on any atom is -0.486 e. The summed E-state index contributed by atoms with van der Waals surface area (Å²) in [5.41, 5.74) is 1.13. The Hall–Kier alpha value is -1.94. The Bertz CT molecular complexity index is 551. The third-order valence-corrected chi connectivity index (χ3v) is 3.38. The van der Waals surface area contributed by atoms with Gasteiger partial charge in [-0.2, -0.15) is 0 Å². The van der Waals surface area contributed by atoms with E-state index in [1.807, 2.05) is 24.3 Å². The lowest BCUT2D eigenvalue weighted by molar-refractivity contribution is 0.169. The standard InChI is InChI=1S/C16H19NO3/c1-12(10-14-5-3-7-18-14)17-11-13-4-2-6-15-16(13)20-9-8-19-15/h2-7,12,17H,8-11H2,1H3. The summed E-state index contributed by atoms with van der Waals surface area (Å²) >= 11 is 0. The summed E-state index contributed by atoms with van der Waals surface area (Å²) in [5.74, 6) is 2.71. The minimum atomic E-state index is 0.335. The van der Waals surface area contributed by atoms with Crippen molar-refractivity contribution in [2.24, 2.45) is 0 Å². The van der Waals surface area contributed by atoms with Gasteiger partial charge in [0.05, 0.1) is 6.26 Å². The minimum absolute atomic E-state index is 0.335. The van der Waals surface area contributed by atoms with Crippen molar-refractivity contribution in [3.63, 3.8) is 0 Å². The van der Waals surface area contributed by atoms with Crippen molar-refractivity contribution >= 4 is 0 Å². The SMILES string of the molecule is CC(Cc1ccco1)NCc1cccc2c1OCCO2. The Morgan fingerprint density at radius 1 is 1.15 bits per heavy atom. The first kappa shape index (κ1) is 13.1. The number of hydrogen-bond donors (Lipinski definition) is 1. The van der Waals surface area contributed by atoms with Crippen LogP contribution in [0, 0.1) is 0 Å². The molecule has 3 rings (SSSR count). The summed E-state index contributed by atoms with van der Waals surface area (Å²) in [6.45, 7) is 4.15. The van der Waals surface area contributed by atoms with E-state index in [1.54, 1.807) is 6.26 Å². The van der Waals surface area contributed by atoms with Gasteiger partial charge in [0.25, 0.3) is 0 Å². The van der Waals surface area contributed by atoms with Crippen LogP contribution in [-0.2, 0) is 13.0 Å². The predicted octanol–water partition coefficient (Wildman–Crippen LogP) is 2.77. The number of hydrogen-bond acceptors (Lipinski definition) is 4. The number of para-hydroxylation sites is 1. The molecule has 0 amide bonds. The molecule has 1 N–H and O–H groups in total. The monoisotopic (exact) mass is 273 g/mol. The van der Waals surface area contributed by atoms with E-state index in [0.29, 0.717) is 19.3 Å². The van der Waals surface area contributed by atoms with Gasteiger partial charge in [0.15, 0.2) is 11.5 Å². The molecule has 4 nitrogen and oxygen atoms in total. The van der Waals surface area contributed by atoms with Gasteiger partial charge in [0, 0.05) is 24.6 Å². The van der Waals surface area contributed by atoms with Crippen molar-refractivity contribution in [1.29, 1.82) is 0 Å². The van der Waals surface area contributed by atoms with Crippen LogP contribution in [0.3, 0.4) is 0 Å².